The molecular formula is C20H30N2O5S. The van der Waals surface area contributed by atoms with Crippen LogP contribution in [-0.2, 0) is 9.63 Å². The van der Waals surface area contributed by atoms with Crippen LogP contribution in [-0.4, -0.2) is 54.7 Å². The number of hydrogen-bond donors (Lipinski definition) is 1. The van der Waals surface area contributed by atoms with Crippen molar-refractivity contribution in [2.45, 2.75) is 50.9 Å². The summed E-state index contributed by atoms with van der Waals surface area (Å²) in [6.45, 7) is 4.31. The third-order valence-corrected chi connectivity index (χ3v) is 5.96. The maximum Gasteiger partial charge on any atom is 0.267 e. The fraction of sp³-hybridized carbons (Fsp3) is 0.600. The smallest absolute Gasteiger partial charge is 0.267 e. The van der Waals surface area contributed by atoms with Crippen LogP contribution in [0.15, 0.2) is 18.2 Å². The second kappa shape index (κ2) is 11.2. The summed E-state index contributed by atoms with van der Waals surface area (Å²) in [5.41, 5.74) is 2.89. The molecule has 2 unspecified atom stereocenters. The molecule has 0 bridgehead atoms. The van der Waals surface area contributed by atoms with Crippen LogP contribution in [0.25, 0.3) is 0 Å². The van der Waals surface area contributed by atoms with E-state index in [1.807, 2.05) is 0 Å². The first-order valence-corrected chi connectivity index (χ1v) is 10.7. The minimum absolute atomic E-state index is 0.0476. The van der Waals surface area contributed by atoms with E-state index in [2.05, 4.69) is 12.4 Å². The van der Waals surface area contributed by atoms with Crippen molar-refractivity contribution in [2.75, 3.05) is 26.6 Å². The van der Waals surface area contributed by atoms with Crippen molar-refractivity contribution in [2.24, 2.45) is 0 Å². The van der Waals surface area contributed by atoms with E-state index in [1.165, 1.54) is 0 Å². The predicted octanol–water partition coefficient (Wildman–Crippen LogP) is 3.24. The molecule has 0 aliphatic carbocycles. The molecule has 1 aliphatic heterocycles. The van der Waals surface area contributed by atoms with Gasteiger partial charge in [-0.2, -0.15) is 0 Å². The van der Waals surface area contributed by atoms with Gasteiger partial charge in [0.05, 0.1) is 26.2 Å². The lowest BCUT2D eigenvalue weighted by Crippen LogP contribution is -2.49. The number of nitrogens with zero attached hydrogens (tertiary/aromatic N) is 1. The van der Waals surface area contributed by atoms with Crippen LogP contribution in [0.1, 0.15) is 49.9 Å². The Hall–Kier alpha value is -1.93. The number of rotatable bonds is 10. The van der Waals surface area contributed by atoms with Crippen molar-refractivity contribution in [3.05, 3.63) is 23.8 Å². The Balaban J connectivity index is 2.29. The molecule has 2 rings (SSSR count). The van der Waals surface area contributed by atoms with Gasteiger partial charge >= 0.3 is 0 Å². The predicted molar refractivity (Wildman–Crippen MR) is 110 cm³/mol. The van der Waals surface area contributed by atoms with Crippen LogP contribution in [0, 0.1) is 0 Å². The third-order valence-electron chi connectivity index (χ3n) is 4.60. The van der Waals surface area contributed by atoms with Gasteiger partial charge in [-0.3, -0.25) is 14.4 Å². The molecule has 2 atom stereocenters. The van der Waals surface area contributed by atoms with E-state index in [9.17, 15) is 9.59 Å². The highest BCUT2D eigenvalue weighted by atomic mass is 32.2. The Morgan fingerprint density at radius 3 is 2.39 bits per heavy atom. The Morgan fingerprint density at radius 1 is 1.14 bits per heavy atom. The van der Waals surface area contributed by atoms with Crippen LogP contribution in [0.3, 0.4) is 0 Å². The van der Waals surface area contributed by atoms with Crippen molar-refractivity contribution in [3.8, 4) is 11.5 Å². The number of hydrogen-bond acceptors (Lipinski definition) is 6. The van der Waals surface area contributed by atoms with Crippen LogP contribution >= 0.6 is 11.8 Å². The lowest BCUT2D eigenvalue weighted by molar-refractivity contribution is -0.137. The van der Waals surface area contributed by atoms with Crippen LogP contribution in [0.4, 0.5) is 0 Å². The highest BCUT2D eigenvalue weighted by molar-refractivity contribution is 8.00. The summed E-state index contributed by atoms with van der Waals surface area (Å²) < 4.78 is 10.6. The lowest BCUT2D eigenvalue weighted by Gasteiger charge is -2.29. The van der Waals surface area contributed by atoms with E-state index in [0.29, 0.717) is 29.4 Å². The van der Waals surface area contributed by atoms with Crippen molar-refractivity contribution in [3.63, 3.8) is 0 Å². The second-order valence-corrected chi connectivity index (χ2v) is 7.72. The lowest BCUT2D eigenvalue weighted by atomic mass is 10.1. The number of carbonyl (C=O) groups excluding carboxylic acids is 2. The van der Waals surface area contributed by atoms with Crippen molar-refractivity contribution in [1.29, 1.82) is 0 Å². The first-order valence-electron chi connectivity index (χ1n) is 9.64. The fourth-order valence-corrected chi connectivity index (χ4v) is 4.57. The van der Waals surface area contributed by atoms with Gasteiger partial charge in [0.2, 0.25) is 0 Å². The van der Waals surface area contributed by atoms with E-state index in [-0.39, 0.29) is 17.2 Å². The zero-order valence-corrected chi connectivity index (χ0v) is 17.8. The topological polar surface area (TPSA) is 77.1 Å². The molecule has 0 spiro atoms. The van der Waals surface area contributed by atoms with E-state index in [1.54, 1.807) is 56.0 Å². The van der Waals surface area contributed by atoms with Crippen LogP contribution in [0.5, 0.6) is 11.5 Å². The van der Waals surface area contributed by atoms with Gasteiger partial charge < -0.3 is 14.4 Å². The maximum absolute atomic E-state index is 13.4. The highest BCUT2D eigenvalue weighted by Gasteiger charge is 2.41. The Morgan fingerprint density at radius 2 is 1.82 bits per heavy atom. The summed E-state index contributed by atoms with van der Waals surface area (Å²) >= 11 is 1.64. The Kier molecular flexibility index (Phi) is 8.92. The number of thioether (sulfide) groups is 1. The zero-order valence-electron chi connectivity index (χ0n) is 17.0. The molecule has 0 saturated carbocycles. The molecule has 1 heterocycles. The summed E-state index contributed by atoms with van der Waals surface area (Å²) in [5.74, 6) is 1.11. The number of unbranched alkanes of at least 4 members (excludes halogenated alkanes) is 2. The molecule has 1 aromatic rings. The molecule has 1 saturated heterocycles. The minimum Gasteiger partial charge on any atom is -0.497 e. The molecule has 7 nitrogen and oxygen atoms in total. The fourth-order valence-electron chi connectivity index (χ4n) is 3.12. The minimum atomic E-state index is -0.576. The third kappa shape index (κ3) is 5.54. The summed E-state index contributed by atoms with van der Waals surface area (Å²) in [5, 5.41) is -0.0476. The number of amides is 2. The number of methoxy groups -OCH3 is 2. The Bertz CT molecular complexity index is 648. The van der Waals surface area contributed by atoms with Gasteiger partial charge in [-0.05, 0) is 25.5 Å². The first-order chi connectivity index (χ1) is 13.5. The van der Waals surface area contributed by atoms with Crippen molar-refractivity contribution in [1.82, 2.24) is 10.4 Å². The molecule has 28 heavy (non-hydrogen) atoms. The molecule has 0 aromatic heterocycles. The number of carbonyl (C=O) groups is 2. The molecule has 1 aromatic carbocycles. The molecule has 2 amide bonds. The molecule has 1 fully saturated rings. The van der Waals surface area contributed by atoms with E-state index >= 15 is 0 Å². The summed E-state index contributed by atoms with van der Waals surface area (Å²) in [4.78, 5) is 32.7. The van der Waals surface area contributed by atoms with Gasteiger partial charge in [0, 0.05) is 17.4 Å². The molecule has 8 heteroatoms. The summed E-state index contributed by atoms with van der Waals surface area (Å²) in [7, 11) is 3.08. The summed E-state index contributed by atoms with van der Waals surface area (Å²) in [6, 6.07) is 4.49. The maximum atomic E-state index is 13.4. The molecule has 1 aliphatic rings. The number of ether oxygens (including phenoxy) is 2. The SMILES string of the molecule is CCCCCC1SCC(C(=O)NOCC)N1C(=O)c1cc(OC)cc(OC)c1. The van der Waals surface area contributed by atoms with Gasteiger partial charge in [0.1, 0.15) is 17.5 Å². The number of benzene rings is 1. The molecule has 0 radical (unpaired) electrons. The normalized spacial score (nSPS) is 18.8. The second-order valence-electron chi connectivity index (χ2n) is 6.51. The monoisotopic (exact) mass is 410 g/mol. The first kappa shape index (κ1) is 22.4. The quantitative estimate of drug-likeness (QED) is 0.471. The highest BCUT2D eigenvalue weighted by Crippen LogP contribution is 2.35. The molecule has 156 valence electrons. The van der Waals surface area contributed by atoms with Gasteiger partial charge in [-0.25, -0.2) is 5.48 Å². The number of nitrogens with one attached hydrogen (secondary N) is 1. The van der Waals surface area contributed by atoms with Gasteiger partial charge in [-0.15, -0.1) is 11.8 Å². The Labute approximate surface area is 171 Å². The van der Waals surface area contributed by atoms with E-state index in [4.69, 9.17) is 14.3 Å². The standard InChI is InChI=1S/C20H30N2O5S/c1-5-7-8-9-18-22(17(13-28-18)19(23)21-27-6-2)20(24)14-10-15(25-3)12-16(11-14)26-4/h10-12,17-18H,5-9,13H2,1-4H3,(H,21,23). The van der Waals surface area contributed by atoms with E-state index < -0.39 is 6.04 Å². The van der Waals surface area contributed by atoms with Gasteiger partial charge in [-0.1, -0.05) is 26.2 Å². The summed E-state index contributed by atoms with van der Waals surface area (Å²) in [6.07, 6.45) is 4.07. The average molecular weight is 411 g/mol. The number of hydroxylamine groups is 1. The molecular weight excluding hydrogens is 380 g/mol. The van der Waals surface area contributed by atoms with Crippen molar-refractivity contribution >= 4 is 23.6 Å². The van der Waals surface area contributed by atoms with Crippen LogP contribution < -0.4 is 15.0 Å². The largest absolute Gasteiger partial charge is 0.497 e. The van der Waals surface area contributed by atoms with Gasteiger partial charge in [0.15, 0.2) is 0 Å². The van der Waals surface area contributed by atoms with E-state index in [0.717, 1.165) is 25.7 Å². The van der Waals surface area contributed by atoms with Crippen LogP contribution in [0.2, 0.25) is 0 Å². The average Bonchev–Trinajstić information content (AvgIpc) is 3.15. The zero-order chi connectivity index (χ0) is 20.5. The molecule has 1 N–H and O–H groups in total. The van der Waals surface area contributed by atoms with Crippen molar-refractivity contribution < 1.29 is 23.9 Å². The van der Waals surface area contributed by atoms with Gasteiger partial charge in [0.25, 0.3) is 11.8 Å².